The number of aliphatic hydroxyl groups excluding tert-OH is 1. The monoisotopic (exact) mass is 455 g/mol. The molecule has 0 aromatic heterocycles. The van der Waals surface area contributed by atoms with Crippen LogP contribution in [0.2, 0.25) is 0 Å². The number of benzene rings is 2. The van der Waals surface area contributed by atoms with Gasteiger partial charge in [-0.25, -0.2) is 0 Å². The fourth-order valence-corrected chi connectivity index (χ4v) is 3.97. The van der Waals surface area contributed by atoms with E-state index in [-0.39, 0.29) is 16.9 Å². The number of methoxy groups -OCH3 is 3. The second-order valence-electron chi connectivity index (χ2n) is 7.40. The van der Waals surface area contributed by atoms with Gasteiger partial charge in [-0.3, -0.25) is 9.59 Å². The molecule has 176 valence electrons. The molecule has 1 saturated heterocycles. The number of nitrogens with zero attached hydrogens (tertiary/aromatic N) is 1. The molecule has 0 spiro atoms. The van der Waals surface area contributed by atoms with Gasteiger partial charge < -0.3 is 29.0 Å². The first-order valence-corrected chi connectivity index (χ1v) is 10.7. The average molecular weight is 456 g/mol. The maximum absolute atomic E-state index is 13.1. The number of carbonyl (C=O) groups is 2. The van der Waals surface area contributed by atoms with Crippen LogP contribution in [0.15, 0.2) is 42.0 Å². The minimum atomic E-state index is -0.790. The molecule has 1 unspecified atom stereocenters. The Labute approximate surface area is 193 Å². The summed E-state index contributed by atoms with van der Waals surface area (Å²) in [6, 6.07) is 9.28. The van der Waals surface area contributed by atoms with Crippen LogP contribution in [0.1, 0.15) is 37.4 Å². The third kappa shape index (κ3) is 4.46. The molecule has 33 heavy (non-hydrogen) atoms. The van der Waals surface area contributed by atoms with Gasteiger partial charge in [0, 0.05) is 12.6 Å². The number of aliphatic hydroxyl groups is 1. The molecule has 1 amide bonds. The normalized spacial score (nSPS) is 17.2. The van der Waals surface area contributed by atoms with Gasteiger partial charge in [0.2, 0.25) is 0 Å². The Balaban J connectivity index is 2.24. The molecular weight excluding hydrogens is 426 g/mol. The van der Waals surface area contributed by atoms with E-state index in [0.29, 0.717) is 48.1 Å². The number of rotatable bonds is 9. The van der Waals surface area contributed by atoms with Crippen molar-refractivity contribution in [3.05, 3.63) is 53.1 Å². The predicted octanol–water partition coefficient (Wildman–Crippen LogP) is 3.94. The molecule has 0 saturated carbocycles. The van der Waals surface area contributed by atoms with Gasteiger partial charge in [-0.2, -0.15) is 0 Å². The zero-order valence-electron chi connectivity index (χ0n) is 19.5. The summed E-state index contributed by atoms with van der Waals surface area (Å²) < 4.78 is 21.7. The van der Waals surface area contributed by atoms with Crippen LogP contribution in [0, 0.1) is 0 Å². The predicted molar refractivity (Wildman–Crippen MR) is 123 cm³/mol. The Morgan fingerprint density at radius 1 is 0.939 bits per heavy atom. The number of ether oxygens (including phenoxy) is 4. The summed E-state index contributed by atoms with van der Waals surface area (Å²) in [5.41, 5.74) is 0.904. The zero-order valence-corrected chi connectivity index (χ0v) is 19.5. The first-order chi connectivity index (χ1) is 15.9. The molecule has 2 aromatic carbocycles. The van der Waals surface area contributed by atoms with E-state index in [1.807, 2.05) is 13.8 Å². The number of hydrogen-bond donors (Lipinski definition) is 1. The van der Waals surface area contributed by atoms with Crippen LogP contribution in [0.25, 0.3) is 5.76 Å². The van der Waals surface area contributed by atoms with Crippen molar-refractivity contribution in [3.8, 4) is 23.0 Å². The fraction of sp³-hybridized carbons (Fsp3) is 0.360. The molecule has 0 radical (unpaired) electrons. The van der Waals surface area contributed by atoms with Gasteiger partial charge in [0.15, 0.2) is 11.5 Å². The molecule has 3 rings (SSSR count). The number of carbonyl (C=O) groups excluding carboxylic acids is 2. The number of likely N-dealkylation sites (tertiary alicyclic amines) is 1. The van der Waals surface area contributed by atoms with Crippen LogP contribution < -0.4 is 18.9 Å². The Morgan fingerprint density at radius 2 is 1.67 bits per heavy atom. The van der Waals surface area contributed by atoms with E-state index in [9.17, 15) is 14.7 Å². The van der Waals surface area contributed by atoms with Gasteiger partial charge in [-0.15, -0.1) is 0 Å². The zero-order chi connectivity index (χ0) is 24.1. The van der Waals surface area contributed by atoms with Gasteiger partial charge in [0.1, 0.15) is 17.3 Å². The van der Waals surface area contributed by atoms with Gasteiger partial charge in [-0.05, 0) is 43.2 Å². The molecule has 2 aromatic rings. The van der Waals surface area contributed by atoms with Crippen LogP contribution in [-0.4, -0.2) is 56.2 Å². The van der Waals surface area contributed by atoms with E-state index in [4.69, 9.17) is 18.9 Å². The second-order valence-corrected chi connectivity index (χ2v) is 7.40. The molecule has 1 fully saturated rings. The van der Waals surface area contributed by atoms with Gasteiger partial charge >= 0.3 is 0 Å². The standard InChI is InChI=1S/C25H29NO7/c1-6-12-26-22(15-8-11-18(31-4)20(13-15)33-7-2)21(24(28)25(26)29)23(27)17-10-9-16(30-3)14-19(17)32-5/h8-11,13-14,22,27H,6-7,12H2,1-5H3/b23-21+. The van der Waals surface area contributed by atoms with Crippen molar-refractivity contribution in [2.75, 3.05) is 34.5 Å². The number of ketones is 1. The van der Waals surface area contributed by atoms with Crippen molar-refractivity contribution in [1.82, 2.24) is 4.90 Å². The molecule has 1 heterocycles. The van der Waals surface area contributed by atoms with Crippen LogP contribution in [0.3, 0.4) is 0 Å². The Bertz CT molecular complexity index is 1080. The van der Waals surface area contributed by atoms with E-state index in [1.165, 1.54) is 26.2 Å². The molecular formula is C25H29NO7. The minimum absolute atomic E-state index is 0.00969. The van der Waals surface area contributed by atoms with Crippen molar-refractivity contribution >= 4 is 17.4 Å². The quantitative estimate of drug-likeness (QED) is 0.348. The third-order valence-electron chi connectivity index (χ3n) is 5.47. The highest BCUT2D eigenvalue weighted by molar-refractivity contribution is 6.46. The maximum Gasteiger partial charge on any atom is 0.295 e. The third-order valence-corrected chi connectivity index (χ3v) is 5.47. The summed E-state index contributed by atoms with van der Waals surface area (Å²) in [4.78, 5) is 27.5. The first kappa shape index (κ1) is 24.0. The van der Waals surface area contributed by atoms with E-state index in [2.05, 4.69) is 0 Å². The second kappa shape index (κ2) is 10.3. The molecule has 1 atom stereocenters. The molecule has 1 aliphatic heterocycles. The van der Waals surface area contributed by atoms with Gasteiger partial charge in [0.05, 0.1) is 45.1 Å². The summed E-state index contributed by atoms with van der Waals surface area (Å²) in [6.45, 7) is 4.54. The lowest BCUT2D eigenvalue weighted by Gasteiger charge is -2.25. The highest BCUT2D eigenvalue weighted by Crippen LogP contribution is 2.43. The van der Waals surface area contributed by atoms with E-state index >= 15 is 0 Å². The van der Waals surface area contributed by atoms with Crippen molar-refractivity contribution < 1.29 is 33.6 Å². The highest BCUT2D eigenvalue weighted by atomic mass is 16.5. The summed E-state index contributed by atoms with van der Waals surface area (Å²) >= 11 is 0. The molecule has 8 heteroatoms. The van der Waals surface area contributed by atoms with Crippen molar-refractivity contribution in [2.45, 2.75) is 26.3 Å². The van der Waals surface area contributed by atoms with Crippen molar-refractivity contribution in [3.63, 3.8) is 0 Å². The van der Waals surface area contributed by atoms with Gasteiger partial charge in [0.25, 0.3) is 11.7 Å². The molecule has 8 nitrogen and oxygen atoms in total. The lowest BCUT2D eigenvalue weighted by molar-refractivity contribution is -0.139. The summed E-state index contributed by atoms with van der Waals surface area (Å²) in [6.07, 6.45) is 0.643. The Kier molecular flexibility index (Phi) is 7.48. The lowest BCUT2D eigenvalue weighted by Crippen LogP contribution is -2.30. The Morgan fingerprint density at radius 3 is 2.27 bits per heavy atom. The van der Waals surface area contributed by atoms with Crippen molar-refractivity contribution in [1.29, 1.82) is 0 Å². The fourth-order valence-electron chi connectivity index (χ4n) is 3.97. The van der Waals surface area contributed by atoms with Crippen LogP contribution >= 0.6 is 0 Å². The smallest absolute Gasteiger partial charge is 0.295 e. The van der Waals surface area contributed by atoms with E-state index in [0.717, 1.165) is 0 Å². The van der Waals surface area contributed by atoms with Crippen LogP contribution in [-0.2, 0) is 9.59 Å². The maximum atomic E-state index is 13.1. The number of amides is 1. The van der Waals surface area contributed by atoms with E-state index < -0.39 is 17.7 Å². The van der Waals surface area contributed by atoms with Crippen LogP contribution in [0.5, 0.6) is 23.0 Å². The molecule has 1 N–H and O–H groups in total. The minimum Gasteiger partial charge on any atom is -0.507 e. The Hall–Kier alpha value is -3.68. The summed E-state index contributed by atoms with van der Waals surface area (Å²) in [5.74, 6) is 0.138. The van der Waals surface area contributed by atoms with Crippen LogP contribution in [0.4, 0.5) is 0 Å². The first-order valence-electron chi connectivity index (χ1n) is 10.7. The molecule has 0 bridgehead atoms. The van der Waals surface area contributed by atoms with Gasteiger partial charge in [-0.1, -0.05) is 13.0 Å². The molecule has 1 aliphatic rings. The number of Topliss-reactive ketones (excluding diaryl/α,β-unsaturated/α-hetero) is 1. The average Bonchev–Trinajstić information content (AvgIpc) is 3.08. The van der Waals surface area contributed by atoms with Crippen molar-refractivity contribution in [2.24, 2.45) is 0 Å². The topological polar surface area (TPSA) is 94.5 Å². The summed E-state index contributed by atoms with van der Waals surface area (Å²) in [5, 5.41) is 11.3. The highest BCUT2D eigenvalue weighted by Gasteiger charge is 2.46. The largest absolute Gasteiger partial charge is 0.507 e. The SMILES string of the molecule is CCCN1C(=O)C(=O)/C(=C(/O)c2ccc(OC)cc2OC)C1c1ccc(OC)c(OCC)c1. The van der Waals surface area contributed by atoms with E-state index in [1.54, 1.807) is 36.4 Å². The lowest BCUT2D eigenvalue weighted by atomic mass is 9.94. The number of hydrogen-bond acceptors (Lipinski definition) is 7. The summed E-state index contributed by atoms with van der Waals surface area (Å²) in [7, 11) is 4.51. The molecule has 0 aliphatic carbocycles.